The van der Waals surface area contributed by atoms with Gasteiger partial charge in [-0.2, -0.15) is 0 Å². The molecule has 0 heterocycles. The Morgan fingerprint density at radius 2 is 1.00 bits per heavy atom. The van der Waals surface area contributed by atoms with Crippen LogP contribution in [0.4, 0.5) is 0 Å². The lowest BCUT2D eigenvalue weighted by Gasteiger charge is -2.30. The third kappa shape index (κ3) is 23.1. The molecule has 32 heavy (non-hydrogen) atoms. The van der Waals surface area contributed by atoms with E-state index in [1.807, 2.05) is 0 Å². The molecular formula is C27H50N2O3. The lowest BCUT2D eigenvalue weighted by molar-refractivity contribution is -0.903. The van der Waals surface area contributed by atoms with E-state index in [1.165, 1.54) is 115 Å². The van der Waals surface area contributed by atoms with Crippen LogP contribution in [0.3, 0.4) is 0 Å². The van der Waals surface area contributed by atoms with Crippen molar-refractivity contribution in [3.05, 3.63) is 51.2 Å². The van der Waals surface area contributed by atoms with Crippen LogP contribution in [0.5, 0.6) is 0 Å². The summed E-state index contributed by atoms with van der Waals surface area (Å²) in [5, 5.41) is 14.8. The normalized spacial score (nSPS) is 11.1. The topological polar surface area (TPSA) is 66.2 Å². The Kier molecular flexibility index (Phi) is 20.2. The van der Waals surface area contributed by atoms with E-state index in [4.69, 9.17) is 15.3 Å². The van der Waals surface area contributed by atoms with Gasteiger partial charge < -0.3 is 19.8 Å². The van der Waals surface area contributed by atoms with Gasteiger partial charge in [0.2, 0.25) is 0 Å². The van der Waals surface area contributed by atoms with Gasteiger partial charge in [-0.15, -0.1) is 0 Å². The predicted molar refractivity (Wildman–Crippen MR) is 137 cm³/mol. The molecule has 0 fully saturated rings. The monoisotopic (exact) mass is 450 g/mol. The van der Waals surface area contributed by atoms with Crippen LogP contribution in [0.15, 0.2) is 30.3 Å². The number of unbranched alkanes of at least 4 members (excludes halogenated alkanes) is 15. The number of benzene rings is 1. The van der Waals surface area contributed by atoms with Gasteiger partial charge in [0.25, 0.3) is 0 Å². The Morgan fingerprint density at radius 1 is 0.656 bits per heavy atom. The third-order valence-corrected chi connectivity index (χ3v) is 6.07. The maximum absolute atomic E-state index is 8.25. The number of rotatable bonds is 19. The molecule has 0 bridgehead atoms. The lowest BCUT2D eigenvalue weighted by atomic mass is 10.0. The average Bonchev–Trinajstić information content (AvgIpc) is 2.73. The second kappa shape index (κ2) is 21.2. The van der Waals surface area contributed by atoms with Crippen molar-refractivity contribution >= 4 is 0 Å². The Hall–Kier alpha value is -1.62. The molecule has 0 aliphatic heterocycles. The standard InChI is InChI=1S/C27H50N.NO3/c1-4-5-6-7-8-9-10-11-12-13-14-15-16-17-18-22-25-28(2,3)26-27-23-20-19-21-24-27;2-1(3)4/h19-21,23-24H,4-18,22,25-26H2,1-3H3;/q+1;-1. The SMILES string of the molecule is CCCCCCCCCCCCCCCCCC[N+](C)(C)Cc1ccccc1.O=[N+]([O-])[O-]. The summed E-state index contributed by atoms with van der Waals surface area (Å²) in [6, 6.07) is 10.9. The summed E-state index contributed by atoms with van der Waals surface area (Å²) in [7, 11) is 4.75. The number of hydrogen-bond donors (Lipinski definition) is 0. The Morgan fingerprint density at radius 3 is 1.38 bits per heavy atom. The van der Waals surface area contributed by atoms with Crippen LogP contribution in [0, 0.1) is 15.3 Å². The highest BCUT2D eigenvalue weighted by Gasteiger charge is 2.14. The first kappa shape index (κ1) is 30.4. The number of quaternary nitrogens is 1. The van der Waals surface area contributed by atoms with E-state index in [1.54, 1.807) is 0 Å². The van der Waals surface area contributed by atoms with E-state index in [-0.39, 0.29) is 0 Å². The molecule has 0 spiro atoms. The molecule has 5 heteroatoms. The molecule has 5 nitrogen and oxygen atoms in total. The van der Waals surface area contributed by atoms with Crippen molar-refractivity contribution in [1.82, 2.24) is 0 Å². The highest BCUT2D eigenvalue weighted by Crippen LogP contribution is 2.15. The van der Waals surface area contributed by atoms with Crippen molar-refractivity contribution in [2.75, 3.05) is 20.6 Å². The summed E-state index contributed by atoms with van der Waals surface area (Å²) >= 11 is 0. The summed E-state index contributed by atoms with van der Waals surface area (Å²) in [6.45, 7) is 4.75. The molecule has 0 N–H and O–H groups in total. The maximum Gasteiger partial charge on any atom is 0.104 e. The molecule has 0 saturated carbocycles. The van der Waals surface area contributed by atoms with Gasteiger partial charge in [0, 0.05) is 5.56 Å². The van der Waals surface area contributed by atoms with Gasteiger partial charge in [-0.05, 0) is 12.8 Å². The zero-order valence-corrected chi connectivity index (χ0v) is 21.2. The third-order valence-electron chi connectivity index (χ3n) is 6.07. The van der Waals surface area contributed by atoms with Crippen molar-refractivity contribution in [3.63, 3.8) is 0 Å². The van der Waals surface area contributed by atoms with E-state index in [0.29, 0.717) is 0 Å². The van der Waals surface area contributed by atoms with E-state index in [9.17, 15) is 0 Å². The zero-order chi connectivity index (χ0) is 23.9. The van der Waals surface area contributed by atoms with Crippen LogP contribution < -0.4 is 0 Å². The summed E-state index contributed by atoms with van der Waals surface area (Å²) in [5.74, 6) is 0. The number of hydrogen-bond acceptors (Lipinski definition) is 3. The quantitative estimate of drug-likeness (QED) is 0.0921. The molecule has 0 saturated heterocycles. The zero-order valence-electron chi connectivity index (χ0n) is 21.2. The van der Waals surface area contributed by atoms with Gasteiger partial charge in [0.1, 0.15) is 6.54 Å². The molecule has 0 radical (unpaired) electrons. The van der Waals surface area contributed by atoms with Crippen molar-refractivity contribution < 1.29 is 9.57 Å². The molecule has 1 aromatic rings. The summed E-state index contributed by atoms with van der Waals surface area (Å²) in [6.07, 6.45) is 23.2. The average molecular weight is 451 g/mol. The molecule has 0 atom stereocenters. The highest BCUT2D eigenvalue weighted by molar-refractivity contribution is 5.13. The van der Waals surface area contributed by atoms with E-state index >= 15 is 0 Å². The van der Waals surface area contributed by atoms with Crippen LogP contribution in [0.2, 0.25) is 0 Å². The van der Waals surface area contributed by atoms with Gasteiger partial charge in [-0.25, -0.2) is 0 Å². The van der Waals surface area contributed by atoms with Crippen LogP contribution in [0.1, 0.15) is 115 Å². The molecule has 0 aliphatic rings. The maximum atomic E-state index is 8.25. The van der Waals surface area contributed by atoms with Gasteiger partial charge in [0.15, 0.2) is 0 Å². The van der Waals surface area contributed by atoms with Crippen molar-refractivity contribution in [2.24, 2.45) is 0 Å². The fourth-order valence-corrected chi connectivity index (χ4v) is 4.24. The largest absolute Gasteiger partial charge is 0.356 e. The van der Waals surface area contributed by atoms with Crippen LogP contribution in [-0.2, 0) is 6.54 Å². The molecule has 0 unspecified atom stereocenters. The second-order valence-electron chi connectivity index (χ2n) is 9.83. The summed E-state index contributed by atoms with van der Waals surface area (Å²) in [4.78, 5) is 8.25. The van der Waals surface area contributed by atoms with Crippen molar-refractivity contribution in [1.29, 1.82) is 0 Å². The first-order valence-corrected chi connectivity index (χ1v) is 13.0. The predicted octanol–water partition coefficient (Wildman–Crippen LogP) is 8.29. The fraction of sp³-hybridized carbons (Fsp3) is 0.778. The molecule has 0 aliphatic carbocycles. The van der Waals surface area contributed by atoms with Crippen LogP contribution >= 0.6 is 0 Å². The Bertz CT molecular complexity index is 531. The lowest BCUT2D eigenvalue weighted by Crippen LogP contribution is -2.39. The minimum atomic E-state index is -1.75. The van der Waals surface area contributed by atoms with Crippen LogP contribution in [-0.4, -0.2) is 30.2 Å². The number of nitrogens with zero attached hydrogens (tertiary/aromatic N) is 2. The Labute approximate surface area is 197 Å². The van der Waals surface area contributed by atoms with E-state index in [0.717, 1.165) is 11.0 Å². The van der Waals surface area contributed by atoms with Crippen molar-refractivity contribution in [3.8, 4) is 0 Å². The molecule has 186 valence electrons. The molecule has 1 rings (SSSR count). The minimum absolute atomic E-state index is 1.11. The molecule has 0 aromatic heterocycles. The van der Waals surface area contributed by atoms with E-state index in [2.05, 4.69) is 51.4 Å². The summed E-state index contributed by atoms with van der Waals surface area (Å²) < 4.78 is 1.11. The van der Waals surface area contributed by atoms with Gasteiger partial charge >= 0.3 is 0 Å². The fourth-order valence-electron chi connectivity index (χ4n) is 4.24. The van der Waals surface area contributed by atoms with Crippen molar-refractivity contribution in [2.45, 2.75) is 116 Å². The van der Waals surface area contributed by atoms with Gasteiger partial charge in [-0.1, -0.05) is 127 Å². The van der Waals surface area contributed by atoms with Crippen LogP contribution in [0.25, 0.3) is 0 Å². The second-order valence-corrected chi connectivity index (χ2v) is 9.83. The molecule has 1 aromatic carbocycles. The van der Waals surface area contributed by atoms with Gasteiger partial charge in [-0.3, -0.25) is 0 Å². The van der Waals surface area contributed by atoms with E-state index < -0.39 is 5.09 Å². The minimum Gasteiger partial charge on any atom is -0.356 e. The molecule has 0 amide bonds. The highest BCUT2D eigenvalue weighted by atomic mass is 16.9. The molecular weight excluding hydrogens is 400 g/mol. The summed E-state index contributed by atoms with van der Waals surface area (Å²) in [5.41, 5.74) is 1.46. The van der Waals surface area contributed by atoms with Gasteiger partial charge in [0.05, 0.1) is 25.7 Å². The first-order valence-electron chi connectivity index (χ1n) is 13.0. The smallest absolute Gasteiger partial charge is 0.104 e. The Balaban J connectivity index is 0.00000220. The first-order chi connectivity index (χ1) is 15.4.